The molecule has 0 fully saturated rings. The van der Waals surface area contributed by atoms with E-state index in [0.29, 0.717) is 17.7 Å². The van der Waals surface area contributed by atoms with Gasteiger partial charge in [-0.05, 0) is 62.1 Å². The molecule has 0 spiro atoms. The number of amides is 1. The van der Waals surface area contributed by atoms with Crippen LogP contribution in [0.2, 0.25) is 0 Å². The molecule has 0 saturated heterocycles. The molecule has 0 N–H and O–H groups in total. The van der Waals surface area contributed by atoms with Crippen LogP contribution in [0.3, 0.4) is 0 Å². The largest absolute Gasteiger partial charge is 0.307 e. The minimum atomic E-state index is -3.63. The lowest BCUT2D eigenvalue weighted by Crippen LogP contribution is -2.36. The highest BCUT2D eigenvalue weighted by molar-refractivity contribution is 7.89. The van der Waals surface area contributed by atoms with Gasteiger partial charge in [-0.2, -0.15) is 0 Å². The van der Waals surface area contributed by atoms with Crippen LogP contribution in [0.1, 0.15) is 33.6 Å². The zero-order chi connectivity index (χ0) is 19.1. The van der Waals surface area contributed by atoms with Crippen molar-refractivity contribution in [1.29, 1.82) is 0 Å². The van der Waals surface area contributed by atoms with E-state index in [4.69, 9.17) is 0 Å². The van der Waals surface area contributed by atoms with Crippen molar-refractivity contribution in [2.24, 2.45) is 0 Å². The van der Waals surface area contributed by atoms with Crippen molar-refractivity contribution in [3.8, 4) is 0 Å². The summed E-state index contributed by atoms with van der Waals surface area (Å²) >= 11 is 0. The van der Waals surface area contributed by atoms with Crippen molar-refractivity contribution in [3.63, 3.8) is 0 Å². The van der Waals surface area contributed by atoms with E-state index in [1.165, 1.54) is 24.5 Å². The maximum atomic E-state index is 13.2. The number of carbonyl (C=O) groups is 1. The summed E-state index contributed by atoms with van der Waals surface area (Å²) in [6.45, 7) is 4.19. The van der Waals surface area contributed by atoms with Crippen LogP contribution >= 0.6 is 0 Å². The molecule has 2 heterocycles. The molecule has 1 aromatic heterocycles. The predicted molar refractivity (Wildman–Crippen MR) is 101 cm³/mol. The number of aryl methyl sites for hydroxylation is 2. The monoisotopic (exact) mass is 373 g/mol. The van der Waals surface area contributed by atoms with Gasteiger partial charge in [-0.3, -0.25) is 9.78 Å². The number of nitrogens with zero attached hydrogens (tertiary/aromatic N) is 3. The van der Waals surface area contributed by atoms with E-state index in [1.807, 2.05) is 19.1 Å². The second kappa shape index (κ2) is 6.81. The molecule has 0 unspecified atom stereocenters. The Morgan fingerprint density at radius 3 is 2.65 bits per heavy atom. The Hall–Kier alpha value is -2.25. The number of rotatable bonds is 3. The summed E-state index contributed by atoms with van der Waals surface area (Å²) in [6, 6.07) is 6.95. The summed E-state index contributed by atoms with van der Waals surface area (Å²) in [7, 11) is -0.645. The Balaban J connectivity index is 2.09. The van der Waals surface area contributed by atoms with E-state index in [2.05, 4.69) is 4.98 Å². The zero-order valence-corrected chi connectivity index (χ0v) is 16.3. The molecule has 1 aliphatic rings. The standard InChI is InChI=1S/C19H23N3O3S/c1-13-11-15(12-18(14(13)2)26(24,25)21(3)4)19(23)22-10-6-7-16-17(22)8-5-9-20-16/h5,8-9,11-12H,6-7,10H2,1-4H3. The molecule has 26 heavy (non-hydrogen) atoms. The fraction of sp³-hybridized carbons (Fsp3) is 0.368. The third-order valence-electron chi connectivity index (χ3n) is 4.82. The maximum Gasteiger partial charge on any atom is 0.258 e. The van der Waals surface area contributed by atoms with Gasteiger partial charge in [-0.1, -0.05) is 0 Å². The first-order valence-electron chi connectivity index (χ1n) is 8.53. The van der Waals surface area contributed by atoms with E-state index in [1.54, 1.807) is 24.1 Å². The Bertz CT molecular complexity index is 968. The molecule has 138 valence electrons. The first-order valence-corrected chi connectivity index (χ1v) is 9.97. The SMILES string of the molecule is Cc1cc(C(=O)N2CCCc3ncccc32)cc(S(=O)(=O)N(C)C)c1C. The van der Waals surface area contributed by atoms with E-state index in [-0.39, 0.29) is 10.8 Å². The molecular weight excluding hydrogens is 350 g/mol. The van der Waals surface area contributed by atoms with Crippen LogP contribution in [-0.2, 0) is 16.4 Å². The summed E-state index contributed by atoms with van der Waals surface area (Å²) < 4.78 is 26.5. The van der Waals surface area contributed by atoms with E-state index in [9.17, 15) is 13.2 Å². The third-order valence-corrected chi connectivity index (χ3v) is 6.76. The molecular formula is C19H23N3O3S. The minimum absolute atomic E-state index is 0.175. The highest BCUT2D eigenvalue weighted by Gasteiger charge is 2.27. The number of fused-ring (bicyclic) bond motifs is 1. The second-order valence-corrected chi connectivity index (χ2v) is 8.85. The summed E-state index contributed by atoms with van der Waals surface area (Å²) in [6.07, 6.45) is 3.40. The van der Waals surface area contributed by atoms with Gasteiger partial charge in [0.1, 0.15) is 0 Å². The van der Waals surface area contributed by atoms with Crippen LogP contribution in [0.15, 0.2) is 35.4 Å². The van der Waals surface area contributed by atoms with Gasteiger partial charge in [0.05, 0.1) is 16.3 Å². The van der Waals surface area contributed by atoms with Crippen molar-refractivity contribution in [1.82, 2.24) is 9.29 Å². The van der Waals surface area contributed by atoms with Crippen LogP contribution in [-0.4, -0.2) is 44.3 Å². The second-order valence-electron chi connectivity index (χ2n) is 6.73. The molecule has 1 aliphatic heterocycles. The number of carbonyl (C=O) groups excluding carboxylic acids is 1. The summed E-state index contributed by atoms with van der Waals surface area (Å²) in [5, 5.41) is 0. The Labute approximate surface area is 154 Å². The number of hydrogen-bond donors (Lipinski definition) is 0. The average molecular weight is 373 g/mol. The summed E-state index contributed by atoms with van der Waals surface area (Å²) in [5.74, 6) is -0.197. The molecule has 0 atom stereocenters. The van der Waals surface area contributed by atoms with Crippen molar-refractivity contribution in [2.75, 3.05) is 25.5 Å². The van der Waals surface area contributed by atoms with Gasteiger partial charge in [-0.25, -0.2) is 12.7 Å². The van der Waals surface area contributed by atoms with E-state index < -0.39 is 10.0 Å². The lowest BCUT2D eigenvalue weighted by atomic mass is 10.0. The van der Waals surface area contributed by atoms with Crippen LogP contribution in [0.4, 0.5) is 5.69 Å². The molecule has 2 aromatic rings. The minimum Gasteiger partial charge on any atom is -0.307 e. The smallest absolute Gasteiger partial charge is 0.258 e. The average Bonchev–Trinajstić information content (AvgIpc) is 2.62. The molecule has 0 bridgehead atoms. The Morgan fingerprint density at radius 2 is 1.96 bits per heavy atom. The van der Waals surface area contributed by atoms with Gasteiger partial charge in [0.2, 0.25) is 10.0 Å². The quantitative estimate of drug-likeness (QED) is 0.829. The Morgan fingerprint density at radius 1 is 1.23 bits per heavy atom. The normalized spacial score (nSPS) is 14.4. The van der Waals surface area contributed by atoms with Crippen LogP contribution in [0.25, 0.3) is 0 Å². The van der Waals surface area contributed by atoms with Crippen molar-refractivity contribution in [2.45, 2.75) is 31.6 Å². The molecule has 0 aliphatic carbocycles. The van der Waals surface area contributed by atoms with Gasteiger partial charge in [0.25, 0.3) is 5.91 Å². The van der Waals surface area contributed by atoms with Gasteiger partial charge < -0.3 is 4.90 Å². The van der Waals surface area contributed by atoms with Crippen LogP contribution < -0.4 is 4.90 Å². The number of anilines is 1. The number of aromatic nitrogens is 1. The van der Waals surface area contributed by atoms with Crippen molar-refractivity contribution >= 4 is 21.6 Å². The fourth-order valence-electron chi connectivity index (χ4n) is 3.17. The molecule has 7 heteroatoms. The lowest BCUT2D eigenvalue weighted by molar-refractivity contribution is 0.0984. The first kappa shape index (κ1) is 18.5. The summed E-state index contributed by atoms with van der Waals surface area (Å²) in [4.78, 5) is 19.4. The van der Waals surface area contributed by atoms with Gasteiger partial charge in [0, 0.05) is 32.4 Å². The van der Waals surface area contributed by atoms with Gasteiger partial charge >= 0.3 is 0 Å². The summed E-state index contributed by atoms with van der Waals surface area (Å²) in [5.41, 5.74) is 3.52. The van der Waals surface area contributed by atoms with Gasteiger partial charge in [0.15, 0.2) is 0 Å². The lowest BCUT2D eigenvalue weighted by Gasteiger charge is -2.29. The predicted octanol–water partition coefficient (Wildman–Crippen LogP) is 2.54. The topological polar surface area (TPSA) is 70.6 Å². The van der Waals surface area contributed by atoms with Crippen LogP contribution in [0.5, 0.6) is 0 Å². The van der Waals surface area contributed by atoms with Crippen molar-refractivity contribution < 1.29 is 13.2 Å². The van der Waals surface area contributed by atoms with E-state index >= 15 is 0 Å². The first-order chi connectivity index (χ1) is 12.2. The number of pyridine rings is 1. The highest BCUT2D eigenvalue weighted by atomic mass is 32.2. The maximum absolute atomic E-state index is 13.2. The number of sulfonamides is 1. The molecule has 0 radical (unpaired) electrons. The van der Waals surface area contributed by atoms with Crippen molar-refractivity contribution in [3.05, 3.63) is 52.8 Å². The molecule has 1 amide bonds. The molecule has 0 saturated carbocycles. The third kappa shape index (κ3) is 3.12. The Kier molecular flexibility index (Phi) is 4.86. The molecule has 3 rings (SSSR count). The fourth-order valence-corrected chi connectivity index (χ4v) is 4.39. The number of benzene rings is 1. The highest BCUT2D eigenvalue weighted by Crippen LogP contribution is 2.29. The zero-order valence-electron chi connectivity index (χ0n) is 15.5. The number of hydrogen-bond acceptors (Lipinski definition) is 4. The van der Waals surface area contributed by atoms with Gasteiger partial charge in [-0.15, -0.1) is 0 Å². The molecule has 6 nitrogen and oxygen atoms in total. The van der Waals surface area contributed by atoms with Crippen LogP contribution in [0, 0.1) is 13.8 Å². The van der Waals surface area contributed by atoms with E-state index in [0.717, 1.165) is 29.8 Å². The molecule has 1 aromatic carbocycles.